The van der Waals surface area contributed by atoms with E-state index in [1.165, 1.54) is 49.7 Å². The standard InChI is InChI=1S/C21H27NO/c1-15-4-2-6-17(12-15)14-22(19-9-10-19)21(23)20-11-8-16-5-3-7-18(20)13-16/h2,4,6,11-12,16,18-19H,3,5,7-10,13-14H2,1H3. The molecule has 1 aromatic rings. The van der Waals surface area contributed by atoms with Crippen molar-refractivity contribution in [2.24, 2.45) is 11.8 Å². The van der Waals surface area contributed by atoms with Crippen LogP contribution in [0, 0.1) is 18.8 Å². The fourth-order valence-electron chi connectivity index (χ4n) is 4.44. The number of carbonyl (C=O) groups is 1. The minimum Gasteiger partial charge on any atom is -0.332 e. The zero-order chi connectivity index (χ0) is 15.8. The number of hydrogen-bond donors (Lipinski definition) is 0. The Morgan fingerprint density at radius 2 is 2.09 bits per heavy atom. The molecular formula is C21H27NO. The van der Waals surface area contributed by atoms with Gasteiger partial charge >= 0.3 is 0 Å². The largest absolute Gasteiger partial charge is 0.332 e. The number of rotatable bonds is 4. The van der Waals surface area contributed by atoms with Crippen LogP contribution in [-0.4, -0.2) is 16.8 Å². The van der Waals surface area contributed by atoms with Crippen LogP contribution in [0.15, 0.2) is 35.9 Å². The highest BCUT2D eigenvalue weighted by atomic mass is 16.2. The van der Waals surface area contributed by atoms with Gasteiger partial charge in [-0.25, -0.2) is 0 Å². The van der Waals surface area contributed by atoms with Gasteiger partial charge in [-0.15, -0.1) is 0 Å². The van der Waals surface area contributed by atoms with Gasteiger partial charge in [0, 0.05) is 18.2 Å². The number of benzene rings is 1. The van der Waals surface area contributed by atoms with Crippen molar-refractivity contribution in [2.75, 3.05) is 0 Å². The first-order valence-electron chi connectivity index (χ1n) is 9.27. The molecule has 1 amide bonds. The Kier molecular flexibility index (Phi) is 4.00. The molecule has 3 aliphatic carbocycles. The van der Waals surface area contributed by atoms with Crippen molar-refractivity contribution < 1.29 is 4.79 Å². The third-order valence-electron chi connectivity index (χ3n) is 5.82. The molecule has 2 bridgehead atoms. The predicted octanol–water partition coefficient (Wildman–Crippen LogP) is 4.62. The van der Waals surface area contributed by atoms with Crippen LogP contribution >= 0.6 is 0 Å². The smallest absolute Gasteiger partial charge is 0.250 e. The Balaban J connectivity index is 1.54. The Labute approximate surface area is 139 Å². The number of allylic oxidation sites excluding steroid dienone is 1. The highest BCUT2D eigenvalue weighted by molar-refractivity contribution is 5.94. The van der Waals surface area contributed by atoms with E-state index >= 15 is 0 Å². The first kappa shape index (κ1) is 15.0. The van der Waals surface area contributed by atoms with Crippen molar-refractivity contribution in [1.82, 2.24) is 4.90 Å². The lowest BCUT2D eigenvalue weighted by atomic mass is 9.72. The summed E-state index contributed by atoms with van der Waals surface area (Å²) in [5.74, 6) is 1.71. The molecule has 0 N–H and O–H groups in total. The lowest BCUT2D eigenvalue weighted by molar-refractivity contribution is -0.129. The Morgan fingerprint density at radius 3 is 2.87 bits per heavy atom. The minimum atomic E-state index is 0.333. The van der Waals surface area contributed by atoms with Crippen LogP contribution < -0.4 is 0 Å². The number of aryl methyl sites for hydroxylation is 1. The summed E-state index contributed by atoms with van der Waals surface area (Å²) in [6, 6.07) is 9.07. The zero-order valence-electron chi connectivity index (χ0n) is 14.1. The summed E-state index contributed by atoms with van der Waals surface area (Å²) in [7, 11) is 0. The third-order valence-corrected chi connectivity index (χ3v) is 5.82. The van der Waals surface area contributed by atoms with Crippen LogP contribution in [0.2, 0.25) is 0 Å². The van der Waals surface area contributed by atoms with E-state index in [9.17, 15) is 4.79 Å². The van der Waals surface area contributed by atoms with E-state index in [2.05, 4.69) is 42.2 Å². The van der Waals surface area contributed by atoms with Gasteiger partial charge in [-0.3, -0.25) is 4.79 Å². The van der Waals surface area contributed by atoms with E-state index in [1.54, 1.807) is 0 Å². The van der Waals surface area contributed by atoms with Gasteiger partial charge in [0.15, 0.2) is 0 Å². The summed E-state index contributed by atoms with van der Waals surface area (Å²) in [6.45, 7) is 2.90. The molecule has 0 saturated heterocycles. The van der Waals surface area contributed by atoms with Gasteiger partial charge in [0.1, 0.15) is 0 Å². The van der Waals surface area contributed by atoms with E-state index in [0.717, 1.165) is 24.5 Å². The average Bonchev–Trinajstić information content (AvgIpc) is 3.37. The Morgan fingerprint density at radius 1 is 1.22 bits per heavy atom. The van der Waals surface area contributed by atoms with Crippen LogP contribution in [0.5, 0.6) is 0 Å². The minimum absolute atomic E-state index is 0.333. The summed E-state index contributed by atoms with van der Waals surface area (Å²) in [6.07, 6.45) is 10.9. The first-order chi connectivity index (χ1) is 11.2. The molecule has 2 heteroatoms. The molecular weight excluding hydrogens is 282 g/mol. The molecule has 0 aromatic heterocycles. The highest BCUT2D eigenvalue weighted by Crippen LogP contribution is 2.41. The molecule has 0 spiro atoms. The number of carbonyl (C=O) groups excluding carboxylic acids is 1. The SMILES string of the molecule is Cc1cccc(CN(C(=O)C2=CCC3CCCC2C3)C2CC2)c1. The maximum atomic E-state index is 13.2. The quantitative estimate of drug-likeness (QED) is 0.794. The van der Waals surface area contributed by atoms with Crippen LogP contribution in [0.4, 0.5) is 0 Å². The lowest BCUT2D eigenvalue weighted by Gasteiger charge is -2.36. The number of hydrogen-bond acceptors (Lipinski definition) is 1. The topological polar surface area (TPSA) is 20.3 Å². The normalized spacial score (nSPS) is 26.6. The van der Waals surface area contributed by atoms with Gasteiger partial charge in [-0.1, -0.05) is 48.7 Å². The molecule has 2 nitrogen and oxygen atoms in total. The second-order valence-electron chi connectivity index (χ2n) is 7.78. The molecule has 122 valence electrons. The van der Waals surface area contributed by atoms with E-state index in [-0.39, 0.29) is 0 Å². The van der Waals surface area contributed by atoms with Gasteiger partial charge in [-0.05, 0) is 56.4 Å². The summed E-state index contributed by atoms with van der Waals surface area (Å²) in [4.78, 5) is 15.4. The molecule has 0 heterocycles. The maximum absolute atomic E-state index is 13.2. The first-order valence-corrected chi connectivity index (χ1v) is 9.27. The maximum Gasteiger partial charge on any atom is 0.250 e. The van der Waals surface area contributed by atoms with Gasteiger partial charge in [-0.2, -0.15) is 0 Å². The van der Waals surface area contributed by atoms with Crippen molar-refractivity contribution in [1.29, 1.82) is 0 Å². The van der Waals surface area contributed by atoms with Gasteiger partial charge < -0.3 is 4.90 Å². The van der Waals surface area contributed by atoms with E-state index in [4.69, 9.17) is 0 Å². The second kappa shape index (κ2) is 6.14. The molecule has 2 unspecified atom stereocenters. The molecule has 2 saturated carbocycles. The molecule has 1 aromatic carbocycles. The van der Waals surface area contributed by atoms with Gasteiger partial charge in [0.05, 0.1) is 0 Å². The third kappa shape index (κ3) is 3.22. The molecule has 0 radical (unpaired) electrons. The van der Waals surface area contributed by atoms with Crippen molar-refractivity contribution >= 4 is 5.91 Å². The van der Waals surface area contributed by atoms with E-state index in [1.807, 2.05) is 0 Å². The Hall–Kier alpha value is -1.57. The molecule has 2 atom stereocenters. The zero-order valence-corrected chi connectivity index (χ0v) is 14.1. The second-order valence-corrected chi connectivity index (χ2v) is 7.78. The summed E-state index contributed by atoms with van der Waals surface area (Å²) >= 11 is 0. The van der Waals surface area contributed by atoms with E-state index in [0.29, 0.717) is 17.9 Å². The fraction of sp³-hybridized carbons (Fsp3) is 0.571. The van der Waals surface area contributed by atoms with Crippen LogP contribution in [0.25, 0.3) is 0 Å². The Bertz CT molecular complexity index is 628. The number of amides is 1. The van der Waals surface area contributed by atoms with Crippen molar-refractivity contribution in [3.05, 3.63) is 47.0 Å². The summed E-state index contributed by atoms with van der Waals surface area (Å²) in [5, 5.41) is 0. The fourth-order valence-corrected chi connectivity index (χ4v) is 4.44. The van der Waals surface area contributed by atoms with Gasteiger partial charge in [0.2, 0.25) is 5.91 Å². The number of nitrogens with zero attached hydrogens (tertiary/aromatic N) is 1. The monoisotopic (exact) mass is 309 g/mol. The van der Waals surface area contributed by atoms with Gasteiger partial charge in [0.25, 0.3) is 0 Å². The number of fused-ring (bicyclic) bond motifs is 2. The molecule has 4 rings (SSSR count). The van der Waals surface area contributed by atoms with Crippen LogP contribution in [0.3, 0.4) is 0 Å². The summed E-state index contributed by atoms with van der Waals surface area (Å²) < 4.78 is 0. The van der Waals surface area contributed by atoms with Crippen LogP contribution in [-0.2, 0) is 11.3 Å². The lowest BCUT2D eigenvalue weighted by Crippen LogP contribution is -2.37. The van der Waals surface area contributed by atoms with Crippen molar-refractivity contribution in [2.45, 2.75) is 64.5 Å². The van der Waals surface area contributed by atoms with E-state index < -0.39 is 0 Å². The summed E-state index contributed by atoms with van der Waals surface area (Å²) in [5.41, 5.74) is 3.68. The molecule has 23 heavy (non-hydrogen) atoms. The average molecular weight is 309 g/mol. The van der Waals surface area contributed by atoms with Crippen LogP contribution in [0.1, 0.15) is 56.1 Å². The van der Waals surface area contributed by atoms with Crippen molar-refractivity contribution in [3.63, 3.8) is 0 Å². The molecule has 3 aliphatic rings. The predicted molar refractivity (Wildman–Crippen MR) is 92.9 cm³/mol. The molecule has 0 aliphatic heterocycles. The van der Waals surface area contributed by atoms with Crippen molar-refractivity contribution in [3.8, 4) is 0 Å². The molecule has 2 fully saturated rings. The highest BCUT2D eigenvalue weighted by Gasteiger charge is 2.38.